The standard InChI is InChI=1S/C22H24Br2O6/c1-27-19-9-7-15(13-17(19)23)21(25)29-11-5-3-4-6-12-30-22(26)16-8-10-20(28-2)18(24)14-16/h7-10,13-14H,3-6,11-12H2,1-2H3. The van der Waals surface area contributed by atoms with Gasteiger partial charge in [-0.1, -0.05) is 0 Å². The lowest BCUT2D eigenvalue weighted by Crippen LogP contribution is -2.07. The zero-order valence-electron chi connectivity index (χ0n) is 16.9. The summed E-state index contributed by atoms with van der Waals surface area (Å²) in [5, 5.41) is 0. The van der Waals surface area contributed by atoms with Crippen molar-refractivity contribution in [2.75, 3.05) is 27.4 Å². The van der Waals surface area contributed by atoms with E-state index in [4.69, 9.17) is 18.9 Å². The van der Waals surface area contributed by atoms with Gasteiger partial charge in [0.15, 0.2) is 0 Å². The van der Waals surface area contributed by atoms with E-state index in [1.54, 1.807) is 50.6 Å². The van der Waals surface area contributed by atoms with Gasteiger partial charge in [-0.05, 0) is 93.9 Å². The van der Waals surface area contributed by atoms with Gasteiger partial charge in [-0.15, -0.1) is 0 Å². The molecule has 0 aliphatic carbocycles. The lowest BCUT2D eigenvalue weighted by Gasteiger charge is -2.08. The van der Waals surface area contributed by atoms with Crippen molar-refractivity contribution in [2.45, 2.75) is 25.7 Å². The number of benzene rings is 2. The number of halogens is 2. The van der Waals surface area contributed by atoms with Crippen LogP contribution in [-0.4, -0.2) is 39.4 Å². The van der Waals surface area contributed by atoms with Gasteiger partial charge >= 0.3 is 11.9 Å². The Hall–Kier alpha value is -2.06. The molecular formula is C22H24Br2O6. The molecule has 2 aromatic rings. The van der Waals surface area contributed by atoms with Gasteiger partial charge in [-0.2, -0.15) is 0 Å². The van der Waals surface area contributed by atoms with Crippen LogP contribution in [0.1, 0.15) is 46.4 Å². The third-order valence-corrected chi connectivity index (χ3v) is 5.52. The molecule has 0 amide bonds. The first-order valence-electron chi connectivity index (χ1n) is 9.47. The molecule has 0 atom stereocenters. The molecule has 0 fully saturated rings. The summed E-state index contributed by atoms with van der Waals surface area (Å²) in [6.45, 7) is 0.699. The van der Waals surface area contributed by atoms with Gasteiger partial charge in [0, 0.05) is 0 Å². The van der Waals surface area contributed by atoms with E-state index < -0.39 is 0 Å². The first kappa shape index (κ1) is 24.2. The highest BCUT2D eigenvalue weighted by Crippen LogP contribution is 2.26. The fraction of sp³-hybridized carbons (Fsp3) is 0.364. The Balaban J connectivity index is 1.58. The second-order valence-corrected chi connectivity index (χ2v) is 8.09. The van der Waals surface area contributed by atoms with E-state index >= 15 is 0 Å². The predicted molar refractivity (Wildman–Crippen MR) is 120 cm³/mol. The highest BCUT2D eigenvalue weighted by atomic mass is 79.9. The van der Waals surface area contributed by atoms with Gasteiger partial charge in [-0.3, -0.25) is 0 Å². The SMILES string of the molecule is COc1ccc(C(=O)OCCCCCCOC(=O)c2ccc(OC)c(Br)c2)cc1Br. The van der Waals surface area contributed by atoms with Crippen LogP contribution in [0.4, 0.5) is 0 Å². The van der Waals surface area contributed by atoms with Crippen LogP contribution in [0, 0.1) is 0 Å². The topological polar surface area (TPSA) is 71.1 Å². The maximum Gasteiger partial charge on any atom is 0.338 e. The highest BCUT2D eigenvalue weighted by molar-refractivity contribution is 9.10. The molecule has 0 saturated heterocycles. The van der Waals surface area contributed by atoms with E-state index in [9.17, 15) is 9.59 Å². The minimum atomic E-state index is -0.363. The molecule has 0 bridgehead atoms. The van der Waals surface area contributed by atoms with Crippen molar-refractivity contribution in [1.82, 2.24) is 0 Å². The summed E-state index contributed by atoms with van der Waals surface area (Å²) in [6, 6.07) is 10.1. The number of methoxy groups -OCH3 is 2. The van der Waals surface area contributed by atoms with Crippen molar-refractivity contribution in [3.63, 3.8) is 0 Å². The monoisotopic (exact) mass is 542 g/mol. The number of ether oxygens (including phenoxy) is 4. The van der Waals surface area contributed by atoms with Crippen LogP contribution in [0.2, 0.25) is 0 Å². The van der Waals surface area contributed by atoms with Crippen LogP contribution in [0.25, 0.3) is 0 Å². The van der Waals surface area contributed by atoms with Gasteiger partial charge in [0.2, 0.25) is 0 Å². The van der Waals surface area contributed by atoms with Crippen LogP contribution < -0.4 is 9.47 Å². The lowest BCUT2D eigenvalue weighted by molar-refractivity contribution is 0.0473. The minimum Gasteiger partial charge on any atom is -0.496 e. The normalized spacial score (nSPS) is 10.4. The third-order valence-electron chi connectivity index (χ3n) is 4.28. The maximum atomic E-state index is 12.1. The van der Waals surface area contributed by atoms with E-state index in [1.165, 1.54) is 0 Å². The van der Waals surface area contributed by atoms with Gasteiger partial charge in [-0.25, -0.2) is 9.59 Å². The zero-order valence-corrected chi connectivity index (χ0v) is 20.1. The molecule has 0 aromatic heterocycles. The number of rotatable bonds is 11. The average molecular weight is 544 g/mol. The van der Waals surface area contributed by atoms with E-state index in [1.807, 2.05) is 0 Å². The smallest absolute Gasteiger partial charge is 0.338 e. The van der Waals surface area contributed by atoms with Crippen molar-refractivity contribution in [1.29, 1.82) is 0 Å². The Bertz CT molecular complexity index is 797. The Morgan fingerprint density at radius 1 is 0.700 bits per heavy atom. The maximum absolute atomic E-state index is 12.1. The van der Waals surface area contributed by atoms with Crippen LogP contribution in [0.3, 0.4) is 0 Å². The Morgan fingerprint density at radius 3 is 1.43 bits per heavy atom. The summed E-state index contributed by atoms with van der Waals surface area (Å²) >= 11 is 6.70. The van der Waals surface area contributed by atoms with Crippen molar-refractivity contribution in [3.05, 3.63) is 56.5 Å². The lowest BCUT2D eigenvalue weighted by atomic mass is 10.2. The Labute approximate surface area is 193 Å². The summed E-state index contributed by atoms with van der Waals surface area (Å²) in [4.78, 5) is 24.1. The summed E-state index contributed by atoms with van der Waals surface area (Å²) in [5.41, 5.74) is 0.944. The number of unbranched alkanes of at least 4 members (excludes halogenated alkanes) is 3. The Morgan fingerprint density at radius 2 is 1.10 bits per heavy atom. The summed E-state index contributed by atoms with van der Waals surface area (Å²) in [7, 11) is 3.13. The first-order chi connectivity index (χ1) is 14.5. The highest BCUT2D eigenvalue weighted by Gasteiger charge is 2.11. The molecule has 0 heterocycles. The van der Waals surface area contributed by atoms with Crippen molar-refractivity contribution in [2.24, 2.45) is 0 Å². The second-order valence-electron chi connectivity index (χ2n) is 6.38. The van der Waals surface area contributed by atoms with E-state index in [0.717, 1.165) is 25.7 Å². The molecule has 0 aliphatic heterocycles. The molecule has 2 aromatic carbocycles. The van der Waals surface area contributed by atoms with Crippen LogP contribution in [0.5, 0.6) is 11.5 Å². The van der Waals surface area contributed by atoms with Crippen LogP contribution >= 0.6 is 31.9 Å². The quantitative estimate of drug-likeness (QED) is 0.263. The fourth-order valence-corrected chi connectivity index (χ4v) is 3.72. The molecule has 8 heteroatoms. The molecule has 162 valence electrons. The van der Waals surface area contributed by atoms with Gasteiger partial charge < -0.3 is 18.9 Å². The fourth-order valence-electron chi connectivity index (χ4n) is 2.64. The van der Waals surface area contributed by atoms with E-state index in [-0.39, 0.29) is 11.9 Å². The van der Waals surface area contributed by atoms with Gasteiger partial charge in [0.05, 0.1) is 47.5 Å². The molecule has 0 spiro atoms. The summed E-state index contributed by atoms with van der Waals surface area (Å²) < 4.78 is 22.3. The molecular weight excluding hydrogens is 520 g/mol. The Kier molecular flexibility index (Phi) is 10.2. The van der Waals surface area contributed by atoms with E-state index in [0.29, 0.717) is 44.8 Å². The van der Waals surface area contributed by atoms with Gasteiger partial charge in [0.1, 0.15) is 11.5 Å². The molecule has 6 nitrogen and oxygen atoms in total. The van der Waals surface area contributed by atoms with Crippen molar-refractivity contribution >= 4 is 43.8 Å². The molecule has 0 saturated carbocycles. The second kappa shape index (κ2) is 12.6. The van der Waals surface area contributed by atoms with Crippen molar-refractivity contribution < 1.29 is 28.5 Å². The third kappa shape index (κ3) is 7.32. The molecule has 0 unspecified atom stereocenters. The molecule has 0 N–H and O–H groups in total. The molecule has 0 radical (unpaired) electrons. The molecule has 2 rings (SSSR count). The van der Waals surface area contributed by atoms with E-state index in [2.05, 4.69) is 31.9 Å². The summed E-state index contributed by atoms with van der Waals surface area (Å²) in [6.07, 6.45) is 3.27. The minimum absolute atomic E-state index is 0.349. The van der Waals surface area contributed by atoms with Crippen molar-refractivity contribution in [3.8, 4) is 11.5 Å². The number of carbonyl (C=O) groups is 2. The average Bonchev–Trinajstić information content (AvgIpc) is 2.75. The number of carbonyl (C=O) groups excluding carboxylic acids is 2. The predicted octanol–water partition coefficient (Wildman–Crippen LogP) is 5.80. The molecule has 0 aliphatic rings. The first-order valence-corrected chi connectivity index (χ1v) is 11.1. The number of esters is 2. The summed E-state index contributed by atoms with van der Waals surface area (Å²) in [5.74, 6) is 0.592. The van der Waals surface area contributed by atoms with Crippen LogP contribution in [0.15, 0.2) is 45.3 Å². The number of hydrogen-bond acceptors (Lipinski definition) is 6. The largest absolute Gasteiger partial charge is 0.496 e. The number of hydrogen-bond donors (Lipinski definition) is 0. The zero-order chi connectivity index (χ0) is 21.9. The van der Waals surface area contributed by atoms with Gasteiger partial charge in [0.25, 0.3) is 0 Å². The van der Waals surface area contributed by atoms with Crippen LogP contribution in [-0.2, 0) is 9.47 Å². The molecule has 30 heavy (non-hydrogen) atoms.